The fourth-order valence-corrected chi connectivity index (χ4v) is 5.11. The molecule has 5 rings (SSSR count). The fourth-order valence-electron chi connectivity index (χ4n) is 4.25. The number of ether oxygens (including phenoxy) is 2. The fraction of sp³-hybridized carbons (Fsp3) is 0.207. The van der Waals surface area contributed by atoms with Crippen LogP contribution in [0.25, 0.3) is 17.1 Å². The molecule has 0 radical (unpaired) electrons. The van der Waals surface area contributed by atoms with E-state index in [9.17, 15) is 31.5 Å². The molecule has 0 bridgehead atoms. The number of nitrogens with one attached hydrogen (secondary N) is 1. The maximum atomic E-state index is 15.0. The van der Waals surface area contributed by atoms with Gasteiger partial charge in [0, 0.05) is 11.1 Å². The molecule has 17 heteroatoms. The van der Waals surface area contributed by atoms with Crippen LogP contribution in [0.4, 0.5) is 42.5 Å². The monoisotopic (exact) mass is 664 g/mol. The van der Waals surface area contributed by atoms with Crippen LogP contribution in [0.5, 0.6) is 5.75 Å². The zero-order chi connectivity index (χ0) is 33.0. The van der Waals surface area contributed by atoms with Crippen LogP contribution in [0, 0.1) is 12.7 Å². The predicted molar refractivity (Wildman–Crippen MR) is 157 cm³/mol. The maximum absolute atomic E-state index is 15.0. The molecule has 3 amide bonds. The summed E-state index contributed by atoms with van der Waals surface area (Å²) in [7, 11) is 0. The van der Waals surface area contributed by atoms with Crippen molar-refractivity contribution in [2.24, 2.45) is 4.99 Å². The number of alkyl halides is 5. The molecule has 0 aliphatic carbocycles. The third-order valence-electron chi connectivity index (χ3n) is 6.24. The van der Waals surface area contributed by atoms with Crippen molar-refractivity contribution < 1.29 is 45.4 Å². The molecule has 1 aliphatic rings. The first-order valence-corrected chi connectivity index (χ1v) is 14.2. The number of thioether (sulfide) groups is 1. The van der Waals surface area contributed by atoms with E-state index in [0.717, 1.165) is 35.5 Å². The number of carbonyl (C=O) groups is 2. The van der Waals surface area contributed by atoms with E-state index >= 15 is 4.39 Å². The smallest absolute Gasteiger partial charge is 0.406 e. The lowest BCUT2D eigenvalue weighted by atomic mass is 10.1. The highest BCUT2D eigenvalue weighted by atomic mass is 32.2. The lowest BCUT2D eigenvalue weighted by Crippen LogP contribution is -2.31. The Morgan fingerprint density at radius 2 is 1.87 bits per heavy atom. The number of amidine groups is 1. The third-order valence-corrected chi connectivity index (χ3v) is 7.16. The van der Waals surface area contributed by atoms with E-state index in [1.165, 1.54) is 40.2 Å². The second-order valence-corrected chi connectivity index (χ2v) is 10.6. The van der Waals surface area contributed by atoms with Gasteiger partial charge in [-0.25, -0.2) is 27.6 Å². The summed E-state index contributed by atoms with van der Waals surface area (Å²) in [5, 5.41) is 6.56. The third kappa shape index (κ3) is 8.02. The molecule has 1 aliphatic heterocycles. The average molecular weight is 665 g/mol. The Kier molecular flexibility index (Phi) is 9.62. The van der Waals surface area contributed by atoms with E-state index in [2.05, 4.69) is 25.1 Å². The Bertz CT molecular complexity index is 1780. The highest BCUT2D eigenvalue weighted by Gasteiger charge is 2.33. The van der Waals surface area contributed by atoms with E-state index in [0.29, 0.717) is 16.9 Å². The van der Waals surface area contributed by atoms with Gasteiger partial charge in [0.1, 0.15) is 24.5 Å². The van der Waals surface area contributed by atoms with Gasteiger partial charge < -0.3 is 14.8 Å². The van der Waals surface area contributed by atoms with Crippen molar-refractivity contribution in [2.45, 2.75) is 26.3 Å². The standard InChI is InChI=1S/C29H22F6N6O4S/c1-16-2-3-18(12-44-13-24(31)32)23(10-16)41-25(42)14-46-28(41)38-27(43)37-22-9-4-17(11-21(22)30)26-36-15-40(39-26)19-5-7-20(8-6-19)45-29(33,34)35/h2-11,15,24H,12-14H2,1H3,(H,37,43)/b38-28-. The topological polar surface area (TPSA) is 111 Å². The first-order chi connectivity index (χ1) is 21.9. The molecule has 2 heterocycles. The highest BCUT2D eigenvalue weighted by Crippen LogP contribution is 2.32. The van der Waals surface area contributed by atoms with Crippen LogP contribution in [0.1, 0.15) is 11.1 Å². The number of aromatic nitrogens is 3. The minimum atomic E-state index is -4.83. The molecular weight excluding hydrogens is 642 g/mol. The number of aryl methyl sites for hydroxylation is 1. The summed E-state index contributed by atoms with van der Waals surface area (Å²) in [5.74, 6) is -1.60. The molecular formula is C29H22F6N6O4S. The van der Waals surface area contributed by atoms with Crippen molar-refractivity contribution in [2.75, 3.05) is 22.6 Å². The number of anilines is 2. The minimum absolute atomic E-state index is 0.00739. The molecule has 0 atom stereocenters. The molecule has 0 unspecified atom stereocenters. The van der Waals surface area contributed by atoms with Gasteiger partial charge >= 0.3 is 12.4 Å². The molecule has 4 aromatic rings. The summed E-state index contributed by atoms with van der Waals surface area (Å²) in [5.41, 5.74) is 1.89. The molecule has 46 heavy (non-hydrogen) atoms. The van der Waals surface area contributed by atoms with Crippen molar-refractivity contribution in [1.82, 2.24) is 14.8 Å². The van der Waals surface area contributed by atoms with E-state index < -0.39 is 42.9 Å². The number of nitrogens with zero attached hydrogens (tertiary/aromatic N) is 5. The van der Waals surface area contributed by atoms with Crippen molar-refractivity contribution in [3.63, 3.8) is 0 Å². The Balaban J connectivity index is 1.29. The van der Waals surface area contributed by atoms with Gasteiger partial charge in [-0.1, -0.05) is 23.9 Å². The van der Waals surface area contributed by atoms with Gasteiger partial charge in [-0.2, -0.15) is 4.99 Å². The Morgan fingerprint density at radius 3 is 2.57 bits per heavy atom. The summed E-state index contributed by atoms with van der Waals surface area (Å²) in [6.45, 7) is 0.770. The second kappa shape index (κ2) is 13.6. The summed E-state index contributed by atoms with van der Waals surface area (Å²) in [4.78, 5) is 34.8. The molecule has 0 saturated carbocycles. The van der Waals surface area contributed by atoms with Gasteiger partial charge in [0.05, 0.1) is 29.4 Å². The number of hydrogen-bond donors (Lipinski definition) is 1. The molecule has 0 spiro atoms. The van der Waals surface area contributed by atoms with Crippen LogP contribution >= 0.6 is 11.8 Å². The van der Waals surface area contributed by atoms with Crippen LogP contribution in [-0.4, -0.2) is 57.0 Å². The number of rotatable bonds is 9. The average Bonchev–Trinajstić information content (AvgIpc) is 3.61. The number of benzene rings is 3. The summed E-state index contributed by atoms with van der Waals surface area (Å²) in [6, 6.07) is 12.7. The number of hydrogen-bond acceptors (Lipinski definition) is 7. The van der Waals surface area contributed by atoms with E-state index in [1.807, 2.05) is 0 Å². The summed E-state index contributed by atoms with van der Waals surface area (Å²) < 4.78 is 87.6. The molecule has 3 aromatic carbocycles. The Labute approximate surface area is 261 Å². The van der Waals surface area contributed by atoms with Crippen molar-refractivity contribution in [3.8, 4) is 22.8 Å². The van der Waals surface area contributed by atoms with Crippen LogP contribution in [0.15, 0.2) is 72.0 Å². The molecule has 1 fully saturated rings. The van der Waals surface area contributed by atoms with E-state index in [-0.39, 0.29) is 34.6 Å². The van der Waals surface area contributed by atoms with Crippen molar-refractivity contribution in [3.05, 3.63) is 83.9 Å². The molecule has 240 valence electrons. The first kappa shape index (κ1) is 32.5. The number of aliphatic imine (C=N–C) groups is 1. The zero-order valence-electron chi connectivity index (χ0n) is 23.6. The summed E-state index contributed by atoms with van der Waals surface area (Å²) >= 11 is 0.978. The predicted octanol–water partition coefficient (Wildman–Crippen LogP) is 6.73. The number of urea groups is 1. The molecule has 1 N–H and O–H groups in total. The van der Waals surface area contributed by atoms with Gasteiger partial charge in [0.15, 0.2) is 11.0 Å². The van der Waals surface area contributed by atoms with Gasteiger partial charge in [0.25, 0.3) is 6.43 Å². The molecule has 10 nitrogen and oxygen atoms in total. The Morgan fingerprint density at radius 1 is 1.11 bits per heavy atom. The largest absolute Gasteiger partial charge is 0.573 e. The number of halogens is 6. The SMILES string of the molecule is Cc1ccc(COCC(F)F)c(N2C(=O)CS/C2=N\C(=O)Nc2ccc(-c3ncn(-c4ccc(OC(F)(F)F)cc4)n3)cc2F)c1. The maximum Gasteiger partial charge on any atom is 0.573 e. The number of amides is 3. The lowest BCUT2D eigenvalue weighted by Gasteiger charge is -2.20. The minimum Gasteiger partial charge on any atom is -0.406 e. The first-order valence-electron chi connectivity index (χ1n) is 13.2. The Hall–Kier alpha value is -4.90. The zero-order valence-corrected chi connectivity index (χ0v) is 24.4. The molecule has 1 saturated heterocycles. The van der Waals surface area contributed by atoms with Gasteiger partial charge in [-0.15, -0.1) is 18.3 Å². The van der Waals surface area contributed by atoms with Crippen LogP contribution < -0.4 is 15.0 Å². The number of carbonyl (C=O) groups excluding carboxylic acids is 2. The lowest BCUT2D eigenvalue weighted by molar-refractivity contribution is -0.274. The van der Waals surface area contributed by atoms with Crippen LogP contribution in [0.3, 0.4) is 0 Å². The molecule has 1 aromatic heterocycles. The van der Waals surface area contributed by atoms with E-state index in [1.54, 1.807) is 25.1 Å². The quantitative estimate of drug-likeness (QED) is 0.198. The van der Waals surface area contributed by atoms with Gasteiger partial charge in [0.2, 0.25) is 5.91 Å². The van der Waals surface area contributed by atoms with Crippen LogP contribution in [0.2, 0.25) is 0 Å². The van der Waals surface area contributed by atoms with Gasteiger partial charge in [-0.05, 0) is 61.0 Å². The van der Waals surface area contributed by atoms with Crippen molar-refractivity contribution in [1.29, 1.82) is 0 Å². The second-order valence-electron chi connectivity index (χ2n) is 9.63. The normalized spacial score (nSPS) is 14.4. The summed E-state index contributed by atoms with van der Waals surface area (Å²) in [6.07, 6.45) is -6.21. The van der Waals surface area contributed by atoms with Crippen LogP contribution in [-0.2, 0) is 16.1 Å². The highest BCUT2D eigenvalue weighted by molar-refractivity contribution is 8.15. The van der Waals surface area contributed by atoms with Gasteiger partial charge in [-0.3, -0.25) is 9.69 Å². The van der Waals surface area contributed by atoms with E-state index in [4.69, 9.17) is 4.74 Å². The van der Waals surface area contributed by atoms with Crippen molar-refractivity contribution >= 4 is 40.2 Å².